The molecule has 2 aromatic rings. The lowest BCUT2D eigenvalue weighted by Gasteiger charge is -2.12. The van der Waals surface area contributed by atoms with Gasteiger partial charge in [-0.15, -0.1) is 0 Å². The molecule has 3 heteroatoms. The van der Waals surface area contributed by atoms with E-state index in [1.54, 1.807) is 0 Å². The van der Waals surface area contributed by atoms with Gasteiger partial charge in [-0.05, 0) is 30.0 Å². The van der Waals surface area contributed by atoms with Crippen molar-refractivity contribution in [2.24, 2.45) is 0 Å². The molecule has 1 aromatic heterocycles. The van der Waals surface area contributed by atoms with Crippen LogP contribution in [0.1, 0.15) is 29.3 Å². The van der Waals surface area contributed by atoms with Gasteiger partial charge in [-0.3, -0.25) is 9.82 Å². The lowest BCUT2D eigenvalue weighted by atomic mass is 10.2. The third-order valence-electron chi connectivity index (χ3n) is 3.27. The molecule has 1 atom stereocenters. The van der Waals surface area contributed by atoms with Crippen LogP contribution < -0.4 is 5.48 Å². The average molecular weight is 240 g/mol. The van der Waals surface area contributed by atoms with Gasteiger partial charge in [0.2, 0.25) is 0 Å². The molecule has 0 spiro atoms. The van der Waals surface area contributed by atoms with E-state index in [1.807, 2.05) is 30.5 Å². The predicted molar refractivity (Wildman–Crippen MR) is 69.7 cm³/mol. The molecule has 3 rings (SSSR count). The summed E-state index contributed by atoms with van der Waals surface area (Å²) >= 11 is 0. The third-order valence-corrected chi connectivity index (χ3v) is 3.27. The van der Waals surface area contributed by atoms with Crippen LogP contribution in [0, 0.1) is 0 Å². The van der Waals surface area contributed by atoms with E-state index < -0.39 is 0 Å². The summed E-state index contributed by atoms with van der Waals surface area (Å²) in [4.78, 5) is 9.99. The summed E-state index contributed by atoms with van der Waals surface area (Å²) in [6.07, 6.45) is 3.98. The first-order valence-corrected chi connectivity index (χ1v) is 6.28. The minimum Gasteiger partial charge on any atom is -0.296 e. The molecular formula is C15H16N2O. The maximum Gasteiger partial charge on any atom is 0.0933 e. The Morgan fingerprint density at radius 1 is 1.17 bits per heavy atom. The minimum absolute atomic E-state index is 0.227. The highest BCUT2D eigenvalue weighted by atomic mass is 16.6. The molecule has 1 N–H and O–H groups in total. The van der Waals surface area contributed by atoms with Crippen LogP contribution in [0.4, 0.5) is 0 Å². The van der Waals surface area contributed by atoms with Crippen LogP contribution in [0.3, 0.4) is 0 Å². The molecule has 1 aliphatic rings. The average Bonchev–Trinajstić information content (AvgIpc) is 2.84. The normalized spacial score (nSPS) is 17.7. The smallest absolute Gasteiger partial charge is 0.0933 e. The minimum atomic E-state index is 0.227. The van der Waals surface area contributed by atoms with Gasteiger partial charge in [-0.1, -0.05) is 36.4 Å². The number of hydroxylamine groups is 1. The van der Waals surface area contributed by atoms with E-state index in [4.69, 9.17) is 4.84 Å². The van der Waals surface area contributed by atoms with Crippen LogP contribution >= 0.6 is 0 Å². The summed E-state index contributed by atoms with van der Waals surface area (Å²) in [7, 11) is 0. The summed E-state index contributed by atoms with van der Waals surface area (Å²) in [6.45, 7) is 0.583. The van der Waals surface area contributed by atoms with Crippen molar-refractivity contribution in [3.05, 3.63) is 65.5 Å². The largest absolute Gasteiger partial charge is 0.296 e. The molecule has 1 unspecified atom stereocenters. The lowest BCUT2D eigenvalue weighted by molar-refractivity contribution is 0.00251. The Bertz CT molecular complexity index is 513. The number of rotatable bonds is 4. The van der Waals surface area contributed by atoms with Crippen molar-refractivity contribution in [3.63, 3.8) is 0 Å². The van der Waals surface area contributed by atoms with E-state index in [9.17, 15) is 0 Å². The van der Waals surface area contributed by atoms with E-state index in [1.165, 1.54) is 11.1 Å². The Balaban J connectivity index is 1.56. The molecule has 92 valence electrons. The van der Waals surface area contributed by atoms with Crippen molar-refractivity contribution in [3.8, 4) is 0 Å². The molecule has 1 aliphatic carbocycles. The first-order chi connectivity index (χ1) is 8.93. The molecule has 0 radical (unpaired) electrons. The van der Waals surface area contributed by atoms with E-state index in [0.717, 1.165) is 18.5 Å². The molecule has 0 amide bonds. The second kappa shape index (κ2) is 5.29. The summed E-state index contributed by atoms with van der Waals surface area (Å²) in [6, 6.07) is 14.5. The van der Waals surface area contributed by atoms with Crippen LogP contribution in [0.2, 0.25) is 0 Å². The highest BCUT2D eigenvalue weighted by molar-refractivity contribution is 5.27. The van der Waals surface area contributed by atoms with Gasteiger partial charge in [0.25, 0.3) is 0 Å². The molecular weight excluding hydrogens is 224 g/mol. The highest BCUT2D eigenvalue weighted by Gasteiger charge is 2.23. The molecule has 0 fully saturated rings. The molecule has 0 bridgehead atoms. The molecule has 1 aromatic carbocycles. The zero-order chi connectivity index (χ0) is 12.2. The molecule has 1 heterocycles. The van der Waals surface area contributed by atoms with Crippen LogP contribution in [0.15, 0.2) is 48.7 Å². The number of nitrogens with one attached hydrogen (secondary N) is 1. The van der Waals surface area contributed by atoms with Gasteiger partial charge in [0, 0.05) is 6.20 Å². The second-order valence-corrected chi connectivity index (χ2v) is 4.53. The van der Waals surface area contributed by atoms with Gasteiger partial charge in [0.1, 0.15) is 0 Å². The number of aromatic nitrogens is 1. The van der Waals surface area contributed by atoms with Crippen LogP contribution in [0.25, 0.3) is 0 Å². The van der Waals surface area contributed by atoms with E-state index in [0.29, 0.717) is 6.61 Å². The van der Waals surface area contributed by atoms with Crippen LogP contribution in [0.5, 0.6) is 0 Å². The zero-order valence-electron chi connectivity index (χ0n) is 10.2. The van der Waals surface area contributed by atoms with Crippen molar-refractivity contribution >= 4 is 0 Å². The third kappa shape index (κ3) is 2.42. The van der Waals surface area contributed by atoms with Gasteiger partial charge < -0.3 is 0 Å². The predicted octanol–water partition coefficient (Wildman–Crippen LogP) is 2.79. The summed E-state index contributed by atoms with van der Waals surface area (Å²) < 4.78 is 0. The van der Waals surface area contributed by atoms with Gasteiger partial charge >= 0.3 is 0 Å². The monoisotopic (exact) mass is 240 g/mol. The molecule has 18 heavy (non-hydrogen) atoms. The Morgan fingerprint density at radius 2 is 2.06 bits per heavy atom. The maximum atomic E-state index is 5.57. The van der Waals surface area contributed by atoms with Gasteiger partial charge in [-0.25, -0.2) is 0 Å². The van der Waals surface area contributed by atoms with E-state index >= 15 is 0 Å². The number of hydrogen-bond acceptors (Lipinski definition) is 3. The van der Waals surface area contributed by atoms with Crippen molar-refractivity contribution in [2.75, 3.05) is 0 Å². The fraction of sp³-hybridized carbons (Fsp3) is 0.267. The maximum absolute atomic E-state index is 5.57. The summed E-state index contributed by atoms with van der Waals surface area (Å²) in [5.41, 5.74) is 6.76. The molecule has 0 aliphatic heterocycles. The van der Waals surface area contributed by atoms with Crippen molar-refractivity contribution in [1.82, 2.24) is 10.5 Å². The lowest BCUT2D eigenvalue weighted by Crippen LogP contribution is -2.20. The second-order valence-electron chi connectivity index (χ2n) is 4.53. The zero-order valence-corrected chi connectivity index (χ0v) is 10.2. The standard InChI is InChI=1S/C15H16N2O/c1-2-5-12(6-3-1)11-18-17-14-9-8-13-7-4-10-16-15(13)14/h1-7,10,14,17H,8-9,11H2. The van der Waals surface area contributed by atoms with Crippen molar-refractivity contribution in [2.45, 2.75) is 25.5 Å². The highest BCUT2D eigenvalue weighted by Crippen LogP contribution is 2.28. The van der Waals surface area contributed by atoms with Gasteiger partial charge in [0.15, 0.2) is 0 Å². The number of nitrogens with zero attached hydrogens (tertiary/aromatic N) is 1. The first-order valence-electron chi connectivity index (χ1n) is 6.28. The topological polar surface area (TPSA) is 34.1 Å². The fourth-order valence-corrected chi connectivity index (χ4v) is 2.33. The Hall–Kier alpha value is -1.71. The number of aryl methyl sites for hydroxylation is 1. The van der Waals surface area contributed by atoms with E-state index in [2.05, 4.69) is 28.7 Å². The Morgan fingerprint density at radius 3 is 2.94 bits per heavy atom. The number of fused-ring (bicyclic) bond motifs is 1. The number of hydrogen-bond donors (Lipinski definition) is 1. The number of benzene rings is 1. The molecule has 3 nitrogen and oxygen atoms in total. The summed E-state index contributed by atoms with van der Waals surface area (Å²) in [5.74, 6) is 0. The Kier molecular flexibility index (Phi) is 3.35. The SMILES string of the molecule is c1ccc(CONC2CCc3cccnc32)cc1. The Labute approximate surface area is 107 Å². The fourth-order valence-electron chi connectivity index (χ4n) is 2.33. The van der Waals surface area contributed by atoms with Gasteiger partial charge in [-0.2, -0.15) is 5.48 Å². The van der Waals surface area contributed by atoms with Gasteiger partial charge in [0.05, 0.1) is 18.3 Å². The van der Waals surface area contributed by atoms with Crippen LogP contribution in [-0.4, -0.2) is 4.98 Å². The van der Waals surface area contributed by atoms with Crippen LogP contribution in [-0.2, 0) is 17.9 Å². The molecule has 0 saturated carbocycles. The first kappa shape index (κ1) is 11.4. The quantitative estimate of drug-likeness (QED) is 0.834. The summed E-state index contributed by atoms with van der Waals surface area (Å²) in [5, 5.41) is 0. The molecule has 0 saturated heterocycles. The van der Waals surface area contributed by atoms with Crippen molar-refractivity contribution in [1.29, 1.82) is 0 Å². The van der Waals surface area contributed by atoms with Crippen molar-refractivity contribution < 1.29 is 4.84 Å². The number of pyridine rings is 1. The van der Waals surface area contributed by atoms with E-state index in [-0.39, 0.29) is 6.04 Å².